The van der Waals surface area contributed by atoms with Gasteiger partial charge >= 0.3 is 12.0 Å². The van der Waals surface area contributed by atoms with Gasteiger partial charge in [-0.15, -0.1) is 0 Å². The molecule has 0 saturated heterocycles. The van der Waals surface area contributed by atoms with E-state index < -0.39 is 28.1 Å². The van der Waals surface area contributed by atoms with Crippen molar-refractivity contribution in [2.75, 3.05) is 16.8 Å². The van der Waals surface area contributed by atoms with E-state index in [9.17, 15) is 23.1 Å². The van der Waals surface area contributed by atoms with Gasteiger partial charge in [0.2, 0.25) is 0 Å². The molecule has 0 saturated carbocycles. The van der Waals surface area contributed by atoms with Crippen LogP contribution in [-0.4, -0.2) is 38.1 Å². The highest BCUT2D eigenvalue weighted by Gasteiger charge is 2.29. The molecule has 0 fully saturated rings. The minimum atomic E-state index is -4.13. The highest BCUT2D eigenvalue weighted by atomic mass is 35.5. The number of nitrogens with zero attached hydrogens (tertiary/aromatic N) is 1. The van der Waals surface area contributed by atoms with Gasteiger partial charge in [0.15, 0.2) is 0 Å². The van der Waals surface area contributed by atoms with Crippen LogP contribution in [0.25, 0.3) is 0 Å². The molecule has 29 heavy (non-hydrogen) atoms. The molecule has 0 bridgehead atoms. The molecule has 154 valence electrons. The molecule has 3 rings (SSSR count). The van der Waals surface area contributed by atoms with Crippen LogP contribution in [0.5, 0.6) is 0 Å². The average Bonchev–Trinajstić information content (AvgIpc) is 3.06. The Morgan fingerprint density at radius 1 is 1.14 bits per heavy atom. The van der Waals surface area contributed by atoms with Crippen LogP contribution >= 0.6 is 23.2 Å². The maximum absolute atomic E-state index is 12.6. The lowest BCUT2D eigenvalue weighted by Gasteiger charge is -2.23. The van der Waals surface area contributed by atoms with E-state index >= 15 is 0 Å². The van der Waals surface area contributed by atoms with E-state index in [2.05, 4.69) is 5.32 Å². The normalized spacial score (nSPS) is 14.2. The number of amides is 2. The zero-order valence-corrected chi connectivity index (χ0v) is 17.5. The predicted octanol–water partition coefficient (Wildman–Crippen LogP) is 3.34. The summed E-state index contributed by atoms with van der Waals surface area (Å²) >= 11 is 11.7. The van der Waals surface area contributed by atoms with Crippen molar-refractivity contribution in [2.24, 2.45) is 0 Å². The van der Waals surface area contributed by atoms with Crippen molar-refractivity contribution >= 4 is 56.6 Å². The molecule has 1 unspecified atom stereocenters. The van der Waals surface area contributed by atoms with E-state index in [0.717, 1.165) is 0 Å². The fraction of sp³-hybridized carbons (Fsp3) is 0.222. The van der Waals surface area contributed by atoms with Crippen LogP contribution in [0.1, 0.15) is 12.5 Å². The minimum absolute atomic E-state index is 0.0923. The first-order valence-corrected chi connectivity index (χ1v) is 10.7. The highest BCUT2D eigenvalue weighted by Crippen LogP contribution is 2.31. The zero-order valence-electron chi connectivity index (χ0n) is 15.1. The minimum Gasteiger partial charge on any atom is -0.480 e. The van der Waals surface area contributed by atoms with Gasteiger partial charge in [0, 0.05) is 17.9 Å². The number of rotatable bonds is 5. The quantitative estimate of drug-likeness (QED) is 0.633. The molecule has 8 nitrogen and oxygen atoms in total. The van der Waals surface area contributed by atoms with E-state index in [1.54, 1.807) is 17.9 Å². The third kappa shape index (κ3) is 4.58. The second-order valence-electron chi connectivity index (χ2n) is 6.44. The molecular weight excluding hydrogens is 441 g/mol. The first kappa shape index (κ1) is 21.2. The number of urea groups is 1. The SMILES string of the molecule is CC(C(=O)O)N1CCc2cc(S(=O)(=O)NC(=O)Nc3ccc(Cl)c(Cl)c3)ccc21. The Morgan fingerprint density at radius 2 is 1.86 bits per heavy atom. The van der Waals surface area contributed by atoms with Crippen LogP contribution < -0.4 is 14.9 Å². The average molecular weight is 458 g/mol. The molecule has 2 amide bonds. The molecule has 1 heterocycles. The lowest BCUT2D eigenvalue weighted by Crippen LogP contribution is -2.37. The molecule has 0 aliphatic carbocycles. The summed E-state index contributed by atoms with van der Waals surface area (Å²) < 4.78 is 27.0. The van der Waals surface area contributed by atoms with Crippen molar-refractivity contribution in [3.8, 4) is 0 Å². The number of nitrogens with one attached hydrogen (secondary N) is 2. The van der Waals surface area contributed by atoms with Crippen molar-refractivity contribution in [2.45, 2.75) is 24.3 Å². The standard InChI is InChI=1S/C18H17Cl2N3O5S/c1-10(17(24)25)23-7-6-11-8-13(3-5-16(11)23)29(27,28)22-18(26)21-12-2-4-14(19)15(20)9-12/h2-5,8-10H,6-7H2,1H3,(H,24,25)(H2,21,22,26). The lowest BCUT2D eigenvalue weighted by molar-refractivity contribution is -0.138. The molecule has 1 aliphatic rings. The fourth-order valence-electron chi connectivity index (χ4n) is 3.02. The number of carbonyl (C=O) groups is 2. The molecule has 2 aromatic carbocycles. The third-order valence-corrected chi connectivity index (χ3v) is 6.59. The Hall–Kier alpha value is -2.49. The third-order valence-electron chi connectivity index (χ3n) is 4.52. The van der Waals surface area contributed by atoms with Crippen LogP contribution in [0, 0.1) is 0 Å². The van der Waals surface area contributed by atoms with Crippen LogP contribution in [-0.2, 0) is 21.2 Å². The van der Waals surface area contributed by atoms with Gasteiger partial charge in [0.1, 0.15) is 6.04 Å². The number of anilines is 2. The maximum atomic E-state index is 12.6. The predicted molar refractivity (Wildman–Crippen MR) is 110 cm³/mol. The monoisotopic (exact) mass is 457 g/mol. The van der Waals surface area contributed by atoms with Crippen molar-refractivity contribution in [1.82, 2.24) is 4.72 Å². The Labute approximate surface area is 177 Å². The molecule has 1 atom stereocenters. The molecule has 2 aromatic rings. The van der Waals surface area contributed by atoms with Crippen molar-refractivity contribution in [3.05, 3.63) is 52.0 Å². The van der Waals surface area contributed by atoms with Gasteiger partial charge < -0.3 is 15.3 Å². The summed E-state index contributed by atoms with van der Waals surface area (Å²) in [6, 6.07) is 6.99. The van der Waals surface area contributed by atoms with Gasteiger partial charge in [-0.25, -0.2) is 22.7 Å². The summed E-state index contributed by atoms with van der Waals surface area (Å²) in [7, 11) is -4.13. The van der Waals surface area contributed by atoms with Crippen molar-refractivity contribution in [1.29, 1.82) is 0 Å². The smallest absolute Gasteiger partial charge is 0.333 e. The second-order valence-corrected chi connectivity index (χ2v) is 8.93. The number of sulfonamides is 1. The number of hydrogen-bond acceptors (Lipinski definition) is 5. The van der Waals surface area contributed by atoms with E-state index in [-0.39, 0.29) is 15.6 Å². The molecule has 1 aliphatic heterocycles. The van der Waals surface area contributed by atoms with Crippen molar-refractivity contribution < 1.29 is 23.1 Å². The number of halogens is 2. The van der Waals surface area contributed by atoms with Crippen LogP contribution in [0.2, 0.25) is 10.0 Å². The Morgan fingerprint density at radius 3 is 2.52 bits per heavy atom. The zero-order chi connectivity index (χ0) is 21.3. The van der Waals surface area contributed by atoms with Gasteiger partial charge in [-0.3, -0.25) is 0 Å². The Bertz CT molecular complexity index is 1090. The summed E-state index contributed by atoms with van der Waals surface area (Å²) in [4.78, 5) is 24.9. The van der Waals surface area contributed by atoms with Gasteiger partial charge in [0.25, 0.3) is 10.0 Å². The first-order chi connectivity index (χ1) is 13.6. The number of carbonyl (C=O) groups excluding carboxylic acids is 1. The van der Waals surface area contributed by atoms with Crippen LogP contribution in [0.15, 0.2) is 41.3 Å². The van der Waals surface area contributed by atoms with Crippen molar-refractivity contribution in [3.63, 3.8) is 0 Å². The fourth-order valence-corrected chi connectivity index (χ4v) is 4.27. The van der Waals surface area contributed by atoms with Gasteiger partial charge in [-0.2, -0.15) is 0 Å². The van der Waals surface area contributed by atoms with Crippen LogP contribution in [0.4, 0.5) is 16.2 Å². The summed E-state index contributed by atoms with van der Waals surface area (Å²) in [5.41, 5.74) is 1.64. The molecule has 0 aromatic heterocycles. The number of hydrogen-bond donors (Lipinski definition) is 3. The number of aliphatic carboxylic acids is 1. The summed E-state index contributed by atoms with van der Waals surface area (Å²) in [6.45, 7) is 2.04. The van der Waals surface area contributed by atoms with E-state index in [0.29, 0.717) is 29.2 Å². The molecule has 0 spiro atoms. The molecule has 3 N–H and O–H groups in total. The Balaban J connectivity index is 1.75. The number of carboxylic acids is 1. The van der Waals surface area contributed by atoms with E-state index in [1.807, 2.05) is 4.72 Å². The number of fused-ring (bicyclic) bond motifs is 1. The van der Waals surface area contributed by atoms with Gasteiger partial charge in [-0.1, -0.05) is 23.2 Å². The van der Waals surface area contributed by atoms with E-state index in [4.69, 9.17) is 23.2 Å². The van der Waals surface area contributed by atoms with Gasteiger partial charge in [-0.05, 0) is 55.3 Å². The summed E-state index contributed by atoms with van der Waals surface area (Å²) in [5.74, 6) is -0.963. The summed E-state index contributed by atoms with van der Waals surface area (Å²) in [5, 5.41) is 12.1. The molecule has 0 radical (unpaired) electrons. The van der Waals surface area contributed by atoms with E-state index in [1.165, 1.54) is 30.3 Å². The highest BCUT2D eigenvalue weighted by molar-refractivity contribution is 7.90. The number of carboxylic acid groups (broad SMARTS) is 1. The van der Waals surface area contributed by atoms with Gasteiger partial charge in [0.05, 0.1) is 14.9 Å². The molecule has 11 heteroatoms. The number of benzene rings is 2. The largest absolute Gasteiger partial charge is 0.480 e. The second kappa shape index (κ2) is 8.10. The molecular formula is C18H17Cl2N3O5S. The Kier molecular flexibility index (Phi) is 5.92. The summed E-state index contributed by atoms with van der Waals surface area (Å²) in [6.07, 6.45) is 0.506. The van der Waals surface area contributed by atoms with Crippen LogP contribution in [0.3, 0.4) is 0 Å². The maximum Gasteiger partial charge on any atom is 0.333 e. The lowest BCUT2D eigenvalue weighted by atomic mass is 10.1. The first-order valence-electron chi connectivity index (χ1n) is 8.50. The topological polar surface area (TPSA) is 116 Å².